The van der Waals surface area contributed by atoms with E-state index in [1.807, 2.05) is 19.1 Å². The number of hydrogen-bond donors (Lipinski definition) is 4. The summed E-state index contributed by atoms with van der Waals surface area (Å²) in [4.78, 5) is 22.3. The Bertz CT molecular complexity index is 739. The van der Waals surface area contributed by atoms with Crippen LogP contribution in [0.5, 0.6) is 0 Å². The van der Waals surface area contributed by atoms with Crippen molar-refractivity contribution in [2.45, 2.75) is 109 Å². The van der Waals surface area contributed by atoms with Crippen molar-refractivity contribution in [1.29, 1.82) is 0 Å². The lowest BCUT2D eigenvalue weighted by Gasteiger charge is -2.23. The standard InChI is InChI=1S/C29H53N2O6P/c1-3-5-7-9-11-13-15-17-19-21-23-29(33)31-27(26-37-38(34,35)36-25-24-30)28(32)22-20-18-16-14-12-10-8-6-4-2/h4,6-7,9,12,14,20,22,27-28,32H,3,5,8,10-11,13,15-19,21,23-26,30H2,1-2H3,(H,31,33)(H,34,35)/b6-4+,9-7-,14-12+,22-20+. The Kier molecular flexibility index (Phi) is 24.7. The van der Waals surface area contributed by atoms with Crippen LogP contribution in [0, 0.1) is 0 Å². The number of amides is 1. The molecule has 8 nitrogen and oxygen atoms in total. The molecule has 3 unspecified atom stereocenters. The van der Waals surface area contributed by atoms with Crippen molar-refractivity contribution >= 4 is 13.7 Å². The average molecular weight is 557 g/mol. The number of carbonyl (C=O) groups is 1. The van der Waals surface area contributed by atoms with Gasteiger partial charge >= 0.3 is 7.82 Å². The van der Waals surface area contributed by atoms with Gasteiger partial charge in [-0.25, -0.2) is 4.57 Å². The van der Waals surface area contributed by atoms with Crippen LogP contribution in [-0.4, -0.2) is 47.8 Å². The molecule has 0 aromatic carbocycles. The fourth-order valence-corrected chi connectivity index (χ4v) is 4.28. The third-order valence-corrected chi connectivity index (χ3v) is 6.66. The first-order valence-corrected chi connectivity index (χ1v) is 15.7. The van der Waals surface area contributed by atoms with E-state index < -0.39 is 20.0 Å². The van der Waals surface area contributed by atoms with Crippen molar-refractivity contribution in [2.75, 3.05) is 19.8 Å². The van der Waals surface area contributed by atoms with E-state index in [4.69, 9.17) is 14.8 Å². The zero-order chi connectivity index (χ0) is 28.3. The summed E-state index contributed by atoms with van der Waals surface area (Å²) in [5.74, 6) is -0.228. The summed E-state index contributed by atoms with van der Waals surface area (Å²) >= 11 is 0. The van der Waals surface area contributed by atoms with E-state index in [-0.39, 0.29) is 25.7 Å². The van der Waals surface area contributed by atoms with Gasteiger partial charge in [-0.3, -0.25) is 13.8 Å². The summed E-state index contributed by atoms with van der Waals surface area (Å²) in [5, 5.41) is 13.4. The molecule has 5 N–H and O–H groups in total. The molecule has 0 aromatic rings. The van der Waals surface area contributed by atoms with Gasteiger partial charge in [0.25, 0.3) is 0 Å². The largest absolute Gasteiger partial charge is 0.472 e. The summed E-state index contributed by atoms with van der Waals surface area (Å²) in [5.41, 5.74) is 5.31. The number of aliphatic hydroxyl groups excluding tert-OH is 1. The van der Waals surface area contributed by atoms with E-state index in [1.165, 1.54) is 6.42 Å². The second kappa shape index (κ2) is 25.7. The van der Waals surface area contributed by atoms with E-state index in [0.29, 0.717) is 6.42 Å². The number of rotatable bonds is 25. The molecule has 0 bridgehead atoms. The molecule has 0 aliphatic carbocycles. The van der Waals surface area contributed by atoms with Crippen LogP contribution < -0.4 is 11.1 Å². The number of phosphoric ester groups is 1. The van der Waals surface area contributed by atoms with Gasteiger partial charge in [-0.05, 0) is 58.3 Å². The molecule has 0 spiro atoms. The molecule has 0 aromatic heterocycles. The molecule has 0 aliphatic heterocycles. The first-order chi connectivity index (χ1) is 18.4. The van der Waals surface area contributed by atoms with Crippen LogP contribution >= 0.6 is 7.82 Å². The van der Waals surface area contributed by atoms with Crippen LogP contribution in [0.15, 0.2) is 48.6 Å². The zero-order valence-corrected chi connectivity index (χ0v) is 24.5. The molecule has 0 saturated heterocycles. The summed E-state index contributed by atoms with van der Waals surface area (Å²) in [6, 6.07) is -0.882. The normalized spacial score (nSPS) is 15.6. The SMILES string of the molecule is C/C=C/CC/C=C/CC/C=C/C(O)C(COP(=O)(O)OCCN)NC(=O)CCCCCCC/C=C\CCC. The number of phosphoric acid groups is 1. The molecule has 0 fully saturated rings. The van der Waals surface area contributed by atoms with Gasteiger partial charge in [0, 0.05) is 13.0 Å². The first kappa shape index (κ1) is 36.5. The molecular weight excluding hydrogens is 503 g/mol. The highest BCUT2D eigenvalue weighted by Crippen LogP contribution is 2.43. The van der Waals surface area contributed by atoms with Crippen molar-refractivity contribution in [3.8, 4) is 0 Å². The predicted octanol–water partition coefficient (Wildman–Crippen LogP) is 6.26. The number of allylic oxidation sites excluding steroid dienone is 7. The molecule has 0 aliphatic rings. The van der Waals surface area contributed by atoms with Crippen LogP contribution in [0.2, 0.25) is 0 Å². The van der Waals surface area contributed by atoms with Gasteiger partial charge in [0.2, 0.25) is 5.91 Å². The first-order valence-electron chi connectivity index (χ1n) is 14.2. The van der Waals surface area contributed by atoms with E-state index in [2.05, 4.69) is 42.6 Å². The average Bonchev–Trinajstić information content (AvgIpc) is 2.89. The van der Waals surface area contributed by atoms with Crippen molar-refractivity contribution in [1.82, 2.24) is 5.32 Å². The number of hydrogen-bond acceptors (Lipinski definition) is 6. The Morgan fingerprint density at radius 3 is 2.18 bits per heavy atom. The fraction of sp³-hybridized carbons (Fsp3) is 0.690. The highest BCUT2D eigenvalue weighted by molar-refractivity contribution is 7.47. The quantitative estimate of drug-likeness (QED) is 0.0593. The van der Waals surface area contributed by atoms with E-state index >= 15 is 0 Å². The Morgan fingerprint density at radius 1 is 0.895 bits per heavy atom. The van der Waals surface area contributed by atoms with E-state index in [9.17, 15) is 19.4 Å². The Balaban J connectivity index is 4.59. The number of unbranched alkanes of at least 4 members (excludes halogenated alkanes) is 8. The maximum atomic E-state index is 12.5. The minimum atomic E-state index is -4.33. The Labute approximate surface area is 231 Å². The van der Waals surface area contributed by atoms with Gasteiger partial charge < -0.3 is 21.1 Å². The van der Waals surface area contributed by atoms with Crippen LogP contribution in [0.3, 0.4) is 0 Å². The smallest absolute Gasteiger partial charge is 0.387 e. The third kappa shape index (κ3) is 23.6. The number of nitrogens with two attached hydrogens (primary N) is 1. The van der Waals surface area contributed by atoms with Crippen molar-refractivity contribution in [3.63, 3.8) is 0 Å². The molecule has 1 amide bonds. The van der Waals surface area contributed by atoms with Crippen LogP contribution in [0.4, 0.5) is 0 Å². The minimum Gasteiger partial charge on any atom is -0.387 e. The van der Waals surface area contributed by atoms with Crippen molar-refractivity contribution < 1.29 is 28.4 Å². The highest BCUT2D eigenvalue weighted by Gasteiger charge is 2.26. The summed E-state index contributed by atoms with van der Waals surface area (Å²) in [7, 11) is -4.33. The van der Waals surface area contributed by atoms with Crippen molar-refractivity contribution in [2.24, 2.45) is 5.73 Å². The van der Waals surface area contributed by atoms with Crippen LogP contribution in [0.1, 0.15) is 97.3 Å². The van der Waals surface area contributed by atoms with Gasteiger partial charge in [0.05, 0.1) is 25.4 Å². The second-order valence-corrected chi connectivity index (χ2v) is 10.7. The lowest BCUT2D eigenvalue weighted by Crippen LogP contribution is -2.45. The monoisotopic (exact) mass is 556 g/mol. The Morgan fingerprint density at radius 2 is 1.50 bits per heavy atom. The highest BCUT2D eigenvalue weighted by atomic mass is 31.2. The van der Waals surface area contributed by atoms with Gasteiger partial charge in [-0.15, -0.1) is 0 Å². The van der Waals surface area contributed by atoms with Crippen LogP contribution in [0.25, 0.3) is 0 Å². The van der Waals surface area contributed by atoms with Crippen molar-refractivity contribution in [3.05, 3.63) is 48.6 Å². The van der Waals surface area contributed by atoms with E-state index in [0.717, 1.165) is 70.6 Å². The molecular formula is C29H53N2O6P. The molecule has 0 rings (SSSR count). The molecule has 3 atom stereocenters. The van der Waals surface area contributed by atoms with Gasteiger partial charge in [-0.1, -0.05) is 81.2 Å². The second-order valence-electron chi connectivity index (χ2n) is 9.24. The summed E-state index contributed by atoms with van der Waals surface area (Å²) in [6.07, 6.45) is 27.6. The number of nitrogens with one attached hydrogen (secondary N) is 1. The topological polar surface area (TPSA) is 131 Å². The fourth-order valence-electron chi connectivity index (χ4n) is 3.52. The molecule has 0 heterocycles. The maximum absolute atomic E-state index is 12.5. The third-order valence-electron chi connectivity index (χ3n) is 5.68. The molecule has 38 heavy (non-hydrogen) atoms. The maximum Gasteiger partial charge on any atom is 0.472 e. The Hall–Kier alpha value is -1.54. The molecule has 0 radical (unpaired) electrons. The van der Waals surface area contributed by atoms with Gasteiger partial charge in [0.15, 0.2) is 0 Å². The lowest BCUT2D eigenvalue weighted by molar-refractivity contribution is -0.123. The molecule has 220 valence electrons. The minimum absolute atomic E-state index is 0.0682. The van der Waals surface area contributed by atoms with Crippen LogP contribution in [-0.2, 0) is 18.4 Å². The van der Waals surface area contributed by atoms with Gasteiger partial charge in [-0.2, -0.15) is 0 Å². The van der Waals surface area contributed by atoms with E-state index in [1.54, 1.807) is 6.08 Å². The lowest BCUT2D eigenvalue weighted by atomic mass is 10.1. The zero-order valence-electron chi connectivity index (χ0n) is 23.6. The summed E-state index contributed by atoms with van der Waals surface area (Å²) in [6.45, 7) is 3.74. The summed E-state index contributed by atoms with van der Waals surface area (Å²) < 4.78 is 21.8. The predicted molar refractivity (Wildman–Crippen MR) is 157 cm³/mol. The van der Waals surface area contributed by atoms with Gasteiger partial charge in [0.1, 0.15) is 0 Å². The number of aliphatic hydroxyl groups is 1. The number of carbonyl (C=O) groups excluding carboxylic acids is 1. The molecule has 0 saturated carbocycles. The molecule has 9 heteroatoms.